The molecule has 4 heteroatoms. The van der Waals surface area contributed by atoms with E-state index in [1.807, 2.05) is 0 Å². The number of fused-ring (bicyclic) bond motifs is 2. The standard InChI is InChI=1S/C19H23NO3/c1-8-6-12-13-7-11-9-2-3-10(9)16(22)17-14(11)19(12,4-5-20-13)18(23-17)15(8)21/h8,12-13,15,18,20-22H,2-7H2,1H3/t8?,12-,13-,15+,18?,19+/m1/s1. The van der Waals surface area contributed by atoms with E-state index in [2.05, 4.69) is 12.2 Å². The summed E-state index contributed by atoms with van der Waals surface area (Å²) in [6, 6.07) is 0.498. The van der Waals surface area contributed by atoms with E-state index in [-0.39, 0.29) is 17.4 Å². The van der Waals surface area contributed by atoms with Crippen molar-refractivity contribution in [1.82, 2.24) is 5.32 Å². The third-order valence-corrected chi connectivity index (χ3v) is 7.64. The summed E-state index contributed by atoms with van der Waals surface area (Å²) in [4.78, 5) is 0. The molecule has 3 aliphatic carbocycles. The van der Waals surface area contributed by atoms with Crippen LogP contribution in [-0.2, 0) is 24.7 Å². The minimum Gasteiger partial charge on any atom is -0.504 e. The molecule has 4 nitrogen and oxygen atoms in total. The Morgan fingerprint density at radius 1 is 1.22 bits per heavy atom. The summed E-state index contributed by atoms with van der Waals surface area (Å²) in [6.45, 7) is 3.13. The fourth-order valence-electron chi connectivity index (χ4n) is 6.56. The van der Waals surface area contributed by atoms with E-state index in [0.717, 1.165) is 50.0 Å². The molecule has 6 rings (SSSR count). The minimum absolute atomic E-state index is 0.0765. The van der Waals surface area contributed by atoms with E-state index >= 15 is 0 Å². The van der Waals surface area contributed by atoms with Gasteiger partial charge in [-0.05, 0) is 61.6 Å². The normalized spacial score (nSPS) is 44.9. The van der Waals surface area contributed by atoms with E-state index in [4.69, 9.17) is 4.74 Å². The number of aromatic hydroxyl groups is 1. The van der Waals surface area contributed by atoms with Crippen LogP contribution < -0.4 is 10.1 Å². The van der Waals surface area contributed by atoms with Gasteiger partial charge in [-0.15, -0.1) is 0 Å². The van der Waals surface area contributed by atoms with Gasteiger partial charge >= 0.3 is 0 Å². The van der Waals surface area contributed by atoms with Crippen molar-refractivity contribution in [1.29, 1.82) is 0 Å². The minimum atomic E-state index is -0.435. The molecule has 0 amide bonds. The number of phenolic OH excluding ortho intramolecular Hbond substituents is 1. The largest absolute Gasteiger partial charge is 0.504 e. The molecule has 1 aromatic rings. The van der Waals surface area contributed by atoms with Crippen molar-refractivity contribution >= 4 is 0 Å². The summed E-state index contributed by atoms with van der Waals surface area (Å²) in [5.74, 6) is 1.87. The van der Waals surface area contributed by atoms with Crippen molar-refractivity contribution < 1.29 is 14.9 Å². The van der Waals surface area contributed by atoms with Crippen LogP contribution in [0.5, 0.6) is 11.5 Å². The highest BCUT2D eigenvalue weighted by atomic mass is 16.5. The number of nitrogens with one attached hydrogen (secondary N) is 1. The maximum Gasteiger partial charge on any atom is 0.166 e. The topological polar surface area (TPSA) is 61.7 Å². The maximum atomic E-state index is 10.9. The Kier molecular flexibility index (Phi) is 2.20. The van der Waals surface area contributed by atoms with Crippen LogP contribution >= 0.6 is 0 Å². The maximum absolute atomic E-state index is 10.9. The van der Waals surface area contributed by atoms with E-state index < -0.39 is 6.10 Å². The van der Waals surface area contributed by atoms with Gasteiger partial charge in [0.1, 0.15) is 6.10 Å². The number of hydrogen-bond acceptors (Lipinski definition) is 4. The predicted octanol–water partition coefficient (Wildman–Crippen LogP) is 1.42. The number of aliphatic hydroxyl groups excluding tert-OH is 1. The van der Waals surface area contributed by atoms with Crippen molar-refractivity contribution in [2.45, 2.75) is 62.7 Å². The average molecular weight is 313 g/mol. The van der Waals surface area contributed by atoms with Crippen LogP contribution in [0.2, 0.25) is 0 Å². The van der Waals surface area contributed by atoms with Gasteiger partial charge < -0.3 is 20.3 Å². The Morgan fingerprint density at radius 3 is 2.83 bits per heavy atom. The van der Waals surface area contributed by atoms with Crippen LogP contribution in [0.15, 0.2) is 0 Å². The third kappa shape index (κ3) is 1.24. The number of aliphatic hydroxyl groups is 1. The summed E-state index contributed by atoms with van der Waals surface area (Å²) >= 11 is 0. The van der Waals surface area contributed by atoms with Crippen LogP contribution in [-0.4, -0.2) is 35.0 Å². The summed E-state index contributed by atoms with van der Waals surface area (Å²) < 4.78 is 6.33. The van der Waals surface area contributed by atoms with Crippen LogP contribution in [0.25, 0.3) is 0 Å². The van der Waals surface area contributed by atoms with Gasteiger partial charge in [-0.25, -0.2) is 0 Å². The summed E-state index contributed by atoms with van der Waals surface area (Å²) in [5.41, 5.74) is 5.13. The molecule has 1 aromatic carbocycles. The second-order valence-corrected chi connectivity index (χ2v) is 8.39. The molecule has 23 heavy (non-hydrogen) atoms. The zero-order chi connectivity index (χ0) is 15.5. The molecule has 0 aromatic heterocycles. The smallest absolute Gasteiger partial charge is 0.166 e. The Hall–Kier alpha value is -1.26. The molecule has 122 valence electrons. The number of hydrogen-bond donors (Lipinski definition) is 3. The first kappa shape index (κ1) is 13.1. The van der Waals surface area contributed by atoms with Crippen molar-refractivity contribution in [3.8, 4) is 11.5 Å². The van der Waals surface area contributed by atoms with Crippen molar-refractivity contribution in [2.24, 2.45) is 11.8 Å². The van der Waals surface area contributed by atoms with Crippen LogP contribution in [0.1, 0.15) is 42.0 Å². The second kappa shape index (κ2) is 3.86. The predicted molar refractivity (Wildman–Crippen MR) is 85.0 cm³/mol. The van der Waals surface area contributed by atoms with E-state index in [9.17, 15) is 10.2 Å². The van der Waals surface area contributed by atoms with Crippen LogP contribution in [0, 0.1) is 11.8 Å². The Morgan fingerprint density at radius 2 is 2.04 bits per heavy atom. The van der Waals surface area contributed by atoms with Gasteiger partial charge in [-0.1, -0.05) is 6.92 Å². The molecule has 1 saturated carbocycles. The SMILES string of the molecule is CC1C[C@@H]2[C@H]3Cc4c5c(c(O)c6c4[C@@]2(CCN3)C(O6)[C@H]1O)CC5. The fourth-order valence-corrected chi connectivity index (χ4v) is 6.56. The highest BCUT2D eigenvalue weighted by Gasteiger charge is 2.66. The molecule has 2 aliphatic heterocycles. The Bertz CT molecular complexity index is 745. The Balaban J connectivity index is 1.69. The number of phenols is 1. The first-order valence-corrected chi connectivity index (χ1v) is 9.11. The number of ether oxygens (including phenoxy) is 1. The molecule has 3 N–H and O–H groups in total. The summed E-state index contributed by atoms with van der Waals surface area (Å²) in [5, 5.41) is 25.4. The molecule has 0 radical (unpaired) electrons. The van der Waals surface area contributed by atoms with Crippen molar-refractivity contribution in [3.63, 3.8) is 0 Å². The zero-order valence-electron chi connectivity index (χ0n) is 13.4. The quantitative estimate of drug-likeness (QED) is 0.678. The lowest BCUT2D eigenvalue weighted by atomic mass is 9.49. The molecule has 2 unspecified atom stereocenters. The fraction of sp³-hybridized carbons (Fsp3) is 0.684. The van der Waals surface area contributed by atoms with E-state index in [1.54, 1.807) is 0 Å². The van der Waals surface area contributed by atoms with Crippen molar-refractivity contribution in [3.05, 3.63) is 22.3 Å². The molecule has 2 fully saturated rings. The third-order valence-electron chi connectivity index (χ3n) is 7.64. The second-order valence-electron chi connectivity index (χ2n) is 8.39. The first-order valence-electron chi connectivity index (χ1n) is 9.11. The average Bonchev–Trinajstić information content (AvgIpc) is 2.81. The molecular formula is C19H23NO3. The van der Waals surface area contributed by atoms with Crippen molar-refractivity contribution in [2.75, 3.05) is 6.54 Å². The summed E-state index contributed by atoms with van der Waals surface area (Å²) in [7, 11) is 0. The zero-order valence-corrected chi connectivity index (χ0v) is 13.4. The molecule has 1 saturated heterocycles. The highest BCUT2D eigenvalue weighted by molar-refractivity contribution is 5.69. The lowest BCUT2D eigenvalue weighted by Gasteiger charge is -2.57. The summed E-state index contributed by atoms with van der Waals surface area (Å²) in [6.07, 6.45) is 4.57. The van der Waals surface area contributed by atoms with Gasteiger partial charge in [-0.3, -0.25) is 0 Å². The van der Waals surface area contributed by atoms with Gasteiger partial charge in [0.15, 0.2) is 11.5 Å². The molecular weight excluding hydrogens is 290 g/mol. The van der Waals surface area contributed by atoms with E-state index in [0.29, 0.717) is 17.7 Å². The molecule has 5 aliphatic rings. The van der Waals surface area contributed by atoms with Gasteiger partial charge in [0.25, 0.3) is 0 Å². The van der Waals surface area contributed by atoms with Crippen LogP contribution in [0.3, 0.4) is 0 Å². The highest BCUT2D eigenvalue weighted by Crippen LogP contribution is 2.65. The number of benzene rings is 1. The Labute approximate surface area is 135 Å². The number of rotatable bonds is 0. The van der Waals surface area contributed by atoms with Gasteiger partial charge in [0.05, 0.1) is 6.10 Å². The van der Waals surface area contributed by atoms with Gasteiger partial charge in [0.2, 0.25) is 0 Å². The van der Waals surface area contributed by atoms with Gasteiger partial charge in [-0.2, -0.15) is 0 Å². The first-order chi connectivity index (χ1) is 11.1. The van der Waals surface area contributed by atoms with E-state index in [1.165, 1.54) is 16.7 Å². The molecule has 2 heterocycles. The monoisotopic (exact) mass is 313 g/mol. The van der Waals surface area contributed by atoms with Gasteiger partial charge in [0, 0.05) is 22.6 Å². The molecule has 6 atom stereocenters. The molecule has 2 bridgehead atoms. The number of piperidine rings is 1. The lowest BCUT2D eigenvalue weighted by Crippen LogP contribution is -2.67. The lowest BCUT2D eigenvalue weighted by molar-refractivity contribution is -0.103. The van der Waals surface area contributed by atoms with Crippen LogP contribution in [0.4, 0.5) is 0 Å². The molecule has 1 spiro atoms.